The van der Waals surface area contributed by atoms with Crippen LogP contribution in [0.3, 0.4) is 0 Å². The van der Waals surface area contributed by atoms with Gasteiger partial charge in [0.15, 0.2) is 6.19 Å². The van der Waals surface area contributed by atoms with Crippen LogP contribution in [0.25, 0.3) is 0 Å². The van der Waals surface area contributed by atoms with E-state index in [4.69, 9.17) is 4.74 Å². The van der Waals surface area contributed by atoms with E-state index >= 15 is 0 Å². The van der Waals surface area contributed by atoms with Gasteiger partial charge in [0, 0.05) is 25.6 Å². The van der Waals surface area contributed by atoms with E-state index in [1.807, 2.05) is 29.3 Å². The number of amides is 1. The first-order valence-corrected chi connectivity index (χ1v) is 14.2. The van der Waals surface area contributed by atoms with Crippen molar-refractivity contribution in [1.82, 2.24) is 15.1 Å². The van der Waals surface area contributed by atoms with Crippen LogP contribution < -0.4 is 10.1 Å². The summed E-state index contributed by atoms with van der Waals surface area (Å²) < 4.78 is 6.84. The average molecular weight is 633 g/mol. The van der Waals surface area contributed by atoms with Gasteiger partial charge in [-0.15, -0.1) is 0 Å². The molecular formula is C27H31Br2N5O3. The highest BCUT2D eigenvalue weighted by Crippen LogP contribution is 2.34. The first-order valence-electron chi connectivity index (χ1n) is 12.6. The average Bonchev–Trinajstić information content (AvgIpc) is 2.92. The number of carbonyl (C=O) groups excluding carboxylic acids is 1. The number of benzene rings is 2. The maximum absolute atomic E-state index is 13.8. The van der Waals surface area contributed by atoms with E-state index in [1.165, 1.54) is 19.3 Å². The number of hydrogen-bond acceptors (Lipinski definition) is 6. The maximum Gasteiger partial charge on any atom is 0.304 e. The van der Waals surface area contributed by atoms with Crippen molar-refractivity contribution in [2.45, 2.75) is 50.6 Å². The van der Waals surface area contributed by atoms with Gasteiger partial charge in [-0.05, 0) is 100 Å². The van der Waals surface area contributed by atoms with E-state index in [0.717, 1.165) is 31.5 Å². The molecule has 2 fully saturated rings. The van der Waals surface area contributed by atoms with Crippen molar-refractivity contribution in [2.75, 3.05) is 26.2 Å². The number of carbonyl (C=O) groups is 1. The minimum atomic E-state index is -0.811. The van der Waals surface area contributed by atoms with Crippen LogP contribution in [0.4, 0.5) is 0 Å². The number of nitrogens with one attached hydrogen (secondary N) is 1. The predicted molar refractivity (Wildman–Crippen MR) is 149 cm³/mol. The molecular weight excluding hydrogens is 602 g/mol. The fourth-order valence-electron chi connectivity index (χ4n) is 4.97. The van der Waals surface area contributed by atoms with Crippen molar-refractivity contribution in [3.8, 4) is 17.7 Å². The van der Waals surface area contributed by atoms with Crippen molar-refractivity contribution in [3.05, 3.63) is 57.0 Å². The van der Waals surface area contributed by atoms with E-state index in [-0.39, 0.29) is 24.1 Å². The van der Waals surface area contributed by atoms with Gasteiger partial charge < -0.3 is 19.6 Å². The zero-order valence-corrected chi connectivity index (χ0v) is 23.7. The van der Waals surface area contributed by atoms with Gasteiger partial charge in [0.05, 0.1) is 8.95 Å². The van der Waals surface area contributed by atoms with Gasteiger partial charge in [0.2, 0.25) is 5.91 Å². The fraction of sp³-hybridized carbons (Fsp3) is 0.444. The zero-order valence-electron chi connectivity index (χ0n) is 20.6. The molecule has 0 aromatic heterocycles. The Kier molecular flexibility index (Phi) is 9.83. The minimum Gasteiger partial charge on any atom is -0.506 e. The maximum atomic E-state index is 13.8. The smallest absolute Gasteiger partial charge is 0.304 e. The Labute approximate surface area is 234 Å². The minimum absolute atomic E-state index is 0.0350. The summed E-state index contributed by atoms with van der Waals surface area (Å²) in [6.07, 6.45) is 7.84. The third-order valence-electron chi connectivity index (χ3n) is 6.87. The van der Waals surface area contributed by atoms with Gasteiger partial charge in [0.25, 0.3) is 0 Å². The molecule has 2 aliphatic rings. The van der Waals surface area contributed by atoms with Gasteiger partial charge in [-0.2, -0.15) is 5.26 Å². The topological polar surface area (TPSA) is 101 Å². The lowest BCUT2D eigenvalue weighted by Crippen LogP contribution is -2.50. The van der Waals surface area contributed by atoms with Gasteiger partial charge in [-0.1, -0.05) is 24.6 Å². The molecule has 2 heterocycles. The molecule has 8 nitrogen and oxygen atoms in total. The molecule has 0 bridgehead atoms. The van der Waals surface area contributed by atoms with E-state index in [9.17, 15) is 15.2 Å². The molecule has 37 heavy (non-hydrogen) atoms. The van der Waals surface area contributed by atoms with Crippen LogP contribution in [-0.2, 0) is 11.2 Å². The zero-order chi connectivity index (χ0) is 26.2. The van der Waals surface area contributed by atoms with Gasteiger partial charge in [-0.3, -0.25) is 4.79 Å². The van der Waals surface area contributed by atoms with E-state index in [0.29, 0.717) is 33.8 Å². The van der Waals surface area contributed by atoms with Crippen LogP contribution in [0.1, 0.15) is 37.7 Å². The highest BCUT2D eigenvalue weighted by atomic mass is 79.9. The molecule has 2 N–H and O–H groups in total. The molecule has 0 saturated carbocycles. The molecule has 2 aromatic rings. The molecule has 1 atom stereocenters. The Hall–Kier alpha value is -2.61. The third kappa shape index (κ3) is 7.46. The number of nitrogens with zero attached hydrogens (tertiary/aromatic N) is 4. The number of rotatable bonds is 6. The monoisotopic (exact) mass is 631 g/mol. The summed E-state index contributed by atoms with van der Waals surface area (Å²) in [7, 11) is 0. The summed E-state index contributed by atoms with van der Waals surface area (Å²) >= 11 is 6.74. The summed E-state index contributed by atoms with van der Waals surface area (Å²) in [5.41, 5.74) is 0.804. The number of para-hydroxylation sites is 1. The number of ether oxygens (including phenoxy) is 1. The first-order chi connectivity index (χ1) is 17.9. The summed E-state index contributed by atoms with van der Waals surface area (Å²) in [5.74, 6) is 0.494. The van der Waals surface area contributed by atoms with Gasteiger partial charge >= 0.3 is 6.02 Å². The molecule has 10 heteroatoms. The second kappa shape index (κ2) is 13.3. The second-order valence-electron chi connectivity index (χ2n) is 9.37. The third-order valence-corrected chi connectivity index (χ3v) is 8.08. The lowest BCUT2D eigenvalue weighted by Gasteiger charge is -2.40. The van der Waals surface area contributed by atoms with Crippen LogP contribution in [0.5, 0.6) is 11.5 Å². The Morgan fingerprint density at radius 3 is 2.38 bits per heavy atom. The summed E-state index contributed by atoms with van der Waals surface area (Å²) in [4.78, 5) is 22.8. The quantitative estimate of drug-likeness (QED) is 0.205. The molecule has 2 saturated heterocycles. The molecule has 0 aliphatic carbocycles. The van der Waals surface area contributed by atoms with Crippen LogP contribution in [0.2, 0.25) is 0 Å². The SMILES string of the molecule is N#CNC(=N[C@@H](Cc1cc(Br)c(O)c(Br)c1)C(=O)N1CCC(N2CCCCC2)CC1)Oc1ccccc1. The van der Waals surface area contributed by atoms with Gasteiger partial charge in [-0.25, -0.2) is 10.3 Å². The number of phenolic OH excluding ortho intramolecular Hbond substituents is 1. The number of hydrogen-bond donors (Lipinski definition) is 2. The number of nitriles is 1. The van der Waals surface area contributed by atoms with Crippen LogP contribution in [0, 0.1) is 11.5 Å². The Morgan fingerprint density at radius 2 is 1.76 bits per heavy atom. The van der Waals surface area contributed by atoms with Crippen molar-refractivity contribution in [3.63, 3.8) is 0 Å². The largest absolute Gasteiger partial charge is 0.506 e. The molecule has 2 aliphatic heterocycles. The lowest BCUT2D eigenvalue weighted by molar-refractivity contribution is -0.134. The normalized spacial score (nSPS) is 18.2. The number of aliphatic imine (C=N–C) groups is 1. The van der Waals surface area contributed by atoms with Crippen LogP contribution in [0.15, 0.2) is 56.4 Å². The second-order valence-corrected chi connectivity index (χ2v) is 11.1. The highest BCUT2D eigenvalue weighted by Gasteiger charge is 2.31. The summed E-state index contributed by atoms with van der Waals surface area (Å²) in [6.45, 7) is 3.65. The molecule has 0 radical (unpaired) electrons. The number of piperidine rings is 2. The first kappa shape index (κ1) is 27.4. The van der Waals surface area contributed by atoms with E-state index in [2.05, 4.69) is 47.1 Å². The fourth-order valence-corrected chi connectivity index (χ4v) is 6.25. The number of amidine groups is 1. The summed E-state index contributed by atoms with van der Waals surface area (Å²) in [5, 5.41) is 21.9. The van der Waals surface area contributed by atoms with E-state index < -0.39 is 6.04 Å². The standard InChI is InChI=1S/C27H31Br2N5O3/c28-22-15-19(16-23(29)25(22)35)17-24(32-27(31-18-30)37-21-7-3-1-4-8-21)26(36)34-13-9-20(10-14-34)33-11-5-2-6-12-33/h1,3-4,7-8,15-16,20,24,35H,2,5-6,9-14,17H2,(H,31,32)/t24-/m0/s1. The van der Waals surface area contributed by atoms with E-state index in [1.54, 1.807) is 24.3 Å². The van der Waals surface area contributed by atoms with Crippen molar-refractivity contribution >= 4 is 43.8 Å². The molecule has 196 valence electrons. The summed E-state index contributed by atoms with van der Waals surface area (Å²) in [6, 6.07) is 12.2. The molecule has 1 amide bonds. The Balaban J connectivity index is 1.55. The molecule has 0 unspecified atom stereocenters. The number of halogens is 2. The van der Waals surface area contributed by atoms with Crippen molar-refractivity contribution in [1.29, 1.82) is 5.26 Å². The van der Waals surface area contributed by atoms with Crippen molar-refractivity contribution < 1.29 is 14.6 Å². The lowest BCUT2D eigenvalue weighted by atomic mass is 9.98. The molecule has 4 rings (SSSR count). The Bertz CT molecular complexity index is 1120. The number of aromatic hydroxyl groups is 1. The Morgan fingerprint density at radius 1 is 1.11 bits per heavy atom. The van der Waals surface area contributed by atoms with Crippen molar-refractivity contribution in [2.24, 2.45) is 4.99 Å². The van der Waals surface area contributed by atoms with Crippen LogP contribution in [-0.4, -0.2) is 65.1 Å². The number of phenols is 1. The molecule has 0 spiro atoms. The molecule has 2 aromatic carbocycles. The highest BCUT2D eigenvalue weighted by molar-refractivity contribution is 9.11. The van der Waals surface area contributed by atoms with Crippen LogP contribution >= 0.6 is 31.9 Å². The number of likely N-dealkylation sites (tertiary alicyclic amines) is 2. The predicted octanol–water partition coefficient (Wildman–Crippen LogP) is 4.81. The van der Waals surface area contributed by atoms with Gasteiger partial charge in [0.1, 0.15) is 17.5 Å².